The van der Waals surface area contributed by atoms with E-state index < -0.39 is 5.97 Å². The Kier molecular flexibility index (Phi) is 17.7. The molecule has 1 aliphatic carbocycles. The van der Waals surface area contributed by atoms with Crippen LogP contribution >= 0.6 is 11.9 Å². The van der Waals surface area contributed by atoms with Gasteiger partial charge >= 0.3 is 5.97 Å². The van der Waals surface area contributed by atoms with Gasteiger partial charge in [0.25, 0.3) is 0 Å². The number of amides is 3. The number of benzene rings is 3. The number of hydrogen-bond acceptors (Lipinski definition) is 8. The van der Waals surface area contributed by atoms with Gasteiger partial charge in [0.15, 0.2) is 5.43 Å². The van der Waals surface area contributed by atoms with Gasteiger partial charge < -0.3 is 31.2 Å². The SMILES string of the molecule is C=C[C@@H]1CC1C(=O)NSc1ccccc1NC(=O)CCCCCCCCC(=O)O.COc1ccc2c(=O)cc(-c3ccccc3)[nH]c2c1.NC(=O)C1CCCN1. The Morgan fingerprint density at radius 1 is 0.946 bits per heavy atom. The molecule has 6 rings (SSSR count). The average Bonchev–Trinajstić information content (AvgIpc) is 3.79. The number of nitrogens with two attached hydrogens (primary N) is 1. The van der Waals surface area contributed by atoms with E-state index in [0.717, 1.165) is 91.8 Å². The Labute approximate surface area is 332 Å². The number of para-hydroxylation sites is 1. The minimum Gasteiger partial charge on any atom is -0.497 e. The third-order valence-electron chi connectivity index (χ3n) is 9.47. The van der Waals surface area contributed by atoms with E-state index in [0.29, 0.717) is 17.5 Å². The van der Waals surface area contributed by atoms with E-state index in [-0.39, 0.29) is 47.4 Å². The normalized spacial score (nSPS) is 16.6. The lowest BCUT2D eigenvalue weighted by Crippen LogP contribution is -2.36. The van der Waals surface area contributed by atoms with E-state index in [1.54, 1.807) is 25.3 Å². The van der Waals surface area contributed by atoms with Crippen molar-refractivity contribution in [3.8, 4) is 17.0 Å². The zero-order valence-corrected chi connectivity index (χ0v) is 32.7. The molecule has 1 saturated carbocycles. The van der Waals surface area contributed by atoms with E-state index in [4.69, 9.17) is 15.6 Å². The van der Waals surface area contributed by atoms with Gasteiger partial charge in [-0.15, -0.1) is 6.58 Å². The van der Waals surface area contributed by atoms with Crippen molar-refractivity contribution in [3.63, 3.8) is 0 Å². The van der Waals surface area contributed by atoms with E-state index in [1.807, 2.05) is 66.7 Å². The number of hydrogen-bond donors (Lipinski definition) is 6. The number of ether oxygens (including phenoxy) is 1. The maximum Gasteiger partial charge on any atom is 0.303 e. The molecule has 2 heterocycles. The fourth-order valence-corrected chi connectivity index (χ4v) is 6.89. The molecule has 13 heteroatoms. The molecule has 56 heavy (non-hydrogen) atoms. The van der Waals surface area contributed by atoms with Crippen LogP contribution in [0.5, 0.6) is 5.75 Å². The highest BCUT2D eigenvalue weighted by atomic mass is 32.2. The number of pyridine rings is 1. The zero-order valence-electron chi connectivity index (χ0n) is 31.9. The first kappa shape index (κ1) is 43.3. The van der Waals surface area contributed by atoms with E-state index in [9.17, 15) is 24.0 Å². The van der Waals surface area contributed by atoms with Crippen LogP contribution in [0.2, 0.25) is 0 Å². The van der Waals surface area contributed by atoms with Crippen LogP contribution in [0.4, 0.5) is 5.69 Å². The average molecular weight is 784 g/mol. The molecule has 1 saturated heterocycles. The molecular formula is C43H53N5O7S. The van der Waals surface area contributed by atoms with Crippen molar-refractivity contribution in [1.29, 1.82) is 0 Å². The predicted molar refractivity (Wildman–Crippen MR) is 222 cm³/mol. The number of aromatic nitrogens is 1. The molecule has 2 unspecified atom stereocenters. The van der Waals surface area contributed by atoms with Crippen LogP contribution in [-0.4, -0.2) is 53.5 Å². The monoisotopic (exact) mass is 783 g/mol. The molecule has 3 aromatic carbocycles. The third-order valence-corrected chi connectivity index (χ3v) is 10.4. The van der Waals surface area contributed by atoms with Gasteiger partial charge in [-0.1, -0.05) is 74.2 Å². The second-order valence-corrected chi connectivity index (χ2v) is 14.6. The van der Waals surface area contributed by atoms with Gasteiger partial charge in [0.2, 0.25) is 17.7 Å². The van der Waals surface area contributed by atoms with Crippen molar-refractivity contribution in [1.82, 2.24) is 15.0 Å². The summed E-state index contributed by atoms with van der Waals surface area (Å²) in [5, 5.41) is 15.2. The lowest BCUT2D eigenvalue weighted by molar-refractivity contribution is -0.137. The number of carboxylic acids is 1. The van der Waals surface area contributed by atoms with Crippen molar-refractivity contribution in [2.45, 2.75) is 81.6 Å². The standard InChI is InChI=1S/C22H30N2O4S.C16H13NO2.C5H10N2O/c1-2-16-15-17(16)22(28)24-29-19-12-10-9-11-18(19)23-20(25)13-7-5-3-4-6-8-14-21(26)27;1-19-12-7-8-13-15(9-12)17-14(10-16(13)18)11-5-3-2-4-6-11;6-5(8)4-2-1-3-7-4/h2,9-12,16-17H,1,3-8,13-15H2,(H,23,25)(H,24,28)(H,26,27);2-10H,1H3,(H,17,18);4,7H,1-3H2,(H2,6,8)/t16-,17?;;/m1../s1. The number of nitrogens with one attached hydrogen (secondary N) is 4. The van der Waals surface area contributed by atoms with Crippen LogP contribution in [0.25, 0.3) is 22.2 Å². The van der Waals surface area contributed by atoms with Gasteiger partial charge in [-0.25, -0.2) is 0 Å². The highest BCUT2D eigenvalue weighted by Crippen LogP contribution is 2.40. The summed E-state index contributed by atoms with van der Waals surface area (Å²) in [5.74, 6) is 0.0335. The highest BCUT2D eigenvalue weighted by Gasteiger charge is 2.40. The second-order valence-electron chi connectivity index (χ2n) is 13.7. The number of anilines is 1. The van der Waals surface area contributed by atoms with Crippen LogP contribution in [0.1, 0.15) is 70.6 Å². The lowest BCUT2D eigenvalue weighted by atomic mass is 10.1. The molecule has 2 aliphatic rings. The smallest absolute Gasteiger partial charge is 0.303 e. The number of unbranched alkanes of at least 4 members (excludes halogenated alkanes) is 5. The van der Waals surface area contributed by atoms with Crippen LogP contribution in [0.15, 0.2) is 101 Å². The number of carbonyl (C=O) groups is 4. The minimum absolute atomic E-state index is 0.00406. The molecule has 12 nitrogen and oxygen atoms in total. The number of aliphatic carboxylic acids is 1. The van der Waals surface area contributed by atoms with Crippen molar-refractivity contribution in [2.75, 3.05) is 19.0 Å². The molecule has 1 aromatic heterocycles. The molecule has 3 atom stereocenters. The zero-order chi connectivity index (χ0) is 40.3. The Balaban J connectivity index is 0.000000218. The Morgan fingerprint density at radius 3 is 2.27 bits per heavy atom. The molecular weight excluding hydrogens is 731 g/mol. The summed E-state index contributed by atoms with van der Waals surface area (Å²) in [6.07, 6.45) is 10.8. The molecule has 0 radical (unpaired) electrons. The minimum atomic E-state index is -0.742. The second kappa shape index (κ2) is 22.9. The topological polar surface area (TPSA) is 193 Å². The molecule has 298 valence electrons. The molecule has 0 spiro atoms. The van der Waals surface area contributed by atoms with Crippen molar-refractivity contribution in [3.05, 3.63) is 102 Å². The first-order chi connectivity index (χ1) is 27.1. The number of carboxylic acid groups (broad SMARTS) is 1. The summed E-state index contributed by atoms with van der Waals surface area (Å²) >= 11 is 1.23. The molecule has 3 amide bonds. The van der Waals surface area contributed by atoms with Gasteiger partial charge in [0.05, 0.1) is 29.3 Å². The summed E-state index contributed by atoms with van der Waals surface area (Å²) < 4.78 is 8.05. The lowest BCUT2D eigenvalue weighted by Gasteiger charge is -2.11. The summed E-state index contributed by atoms with van der Waals surface area (Å²) in [4.78, 5) is 61.3. The summed E-state index contributed by atoms with van der Waals surface area (Å²) in [5.41, 5.74) is 8.29. The Morgan fingerprint density at radius 2 is 1.64 bits per heavy atom. The van der Waals surface area contributed by atoms with Gasteiger partial charge in [-0.2, -0.15) is 0 Å². The summed E-state index contributed by atoms with van der Waals surface area (Å²) in [6.45, 7) is 4.66. The van der Waals surface area contributed by atoms with E-state index in [2.05, 4.69) is 26.9 Å². The van der Waals surface area contributed by atoms with Gasteiger partial charge in [-0.3, -0.25) is 28.7 Å². The molecule has 2 fully saturated rings. The Bertz CT molecular complexity index is 1980. The number of H-pyrrole nitrogens is 1. The first-order valence-electron chi connectivity index (χ1n) is 19.1. The van der Waals surface area contributed by atoms with Gasteiger partial charge in [0.1, 0.15) is 5.75 Å². The van der Waals surface area contributed by atoms with Crippen molar-refractivity contribution in [2.24, 2.45) is 17.6 Å². The van der Waals surface area contributed by atoms with Crippen LogP contribution in [-0.2, 0) is 19.2 Å². The largest absolute Gasteiger partial charge is 0.497 e. The predicted octanol–water partition coefficient (Wildman–Crippen LogP) is 7.20. The number of primary amides is 1. The maximum atomic E-state index is 12.2. The molecule has 7 N–H and O–H groups in total. The first-order valence-corrected chi connectivity index (χ1v) is 19.9. The Hall–Kier alpha value is -5.40. The van der Waals surface area contributed by atoms with E-state index >= 15 is 0 Å². The van der Waals surface area contributed by atoms with Gasteiger partial charge in [0, 0.05) is 42.0 Å². The number of methoxy groups -OCH3 is 1. The van der Waals surface area contributed by atoms with Crippen LogP contribution in [0.3, 0.4) is 0 Å². The van der Waals surface area contributed by atoms with Crippen molar-refractivity contribution < 1.29 is 29.0 Å². The number of carbonyl (C=O) groups excluding carboxylic acids is 3. The van der Waals surface area contributed by atoms with Crippen molar-refractivity contribution >= 4 is 52.2 Å². The van der Waals surface area contributed by atoms with E-state index in [1.165, 1.54) is 11.9 Å². The number of allylic oxidation sites excluding steroid dienone is 1. The quantitative estimate of drug-likeness (QED) is 0.0365. The third kappa shape index (κ3) is 14.3. The fourth-order valence-electron chi connectivity index (χ4n) is 6.16. The summed E-state index contributed by atoms with van der Waals surface area (Å²) in [7, 11) is 1.61. The summed E-state index contributed by atoms with van der Waals surface area (Å²) in [6, 6.07) is 24.2. The maximum absolute atomic E-state index is 12.2. The molecule has 4 aromatic rings. The molecule has 1 aliphatic heterocycles. The molecule has 0 bridgehead atoms. The fraction of sp³-hybridized carbons (Fsp3) is 0.372. The number of fused-ring (bicyclic) bond motifs is 1. The van der Waals surface area contributed by atoms with Crippen LogP contribution in [0, 0.1) is 11.8 Å². The highest BCUT2D eigenvalue weighted by molar-refractivity contribution is 7.98. The number of aromatic amines is 1. The van der Waals surface area contributed by atoms with Gasteiger partial charge in [-0.05, 0) is 86.3 Å². The van der Waals surface area contributed by atoms with Crippen LogP contribution < -0.4 is 31.3 Å². The number of rotatable bonds is 17.